The van der Waals surface area contributed by atoms with Crippen molar-refractivity contribution in [3.63, 3.8) is 0 Å². The Balaban J connectivity index is 2.70. The first-order valence-corrected chi connectivity index (χ1v) is 5.26. The molecule has 2 rings (SSSR count). The van der Waals surface area contributed by atoms with Crippen LogP contribution in [0.1, 0.15) is 5.56 Å². The van der Waals surface area contributed by atoms with Crippen molar-refractivity contribution in [3.8, 4) is 22.9 Å². The van der Waals surface area contributed by atoms with Crippen LogP contribution in [-0.2, 0) is 0 Å². The quantitative estimate of drug-likeness (QED) is 0.901. The molecular formula is C13H9F2N3O. The van der Waals surface area contributed by atoms with Crippen LogP contribution in [0.5, 0.6) is 5.75 Å². The van der Waals surface area contributed by atoms with Crippen molar-refractivity contribution in [2.45, 2.75) is 0 Å². The van der Waals surface area contributed by atoms with E-state index in [1.165, 1.54) is 19.4 Å². The van der Waals surface area contributed by atoms with Gasteiger partial charge in [-0.3, -0.25) is 0 Å². The number of halogens is 2. The van der Waals surface area contributed by atoms with E-state index < -0.39 is 11.6 Å². The number of pyridine rings is 1. The van der Waals surface area contributed by atoms with E-state index in [9.17, 15) is 8.78 Å². The summed E-state index contributed by atoms with van der Waals surface area (Å²) in [6.07, 6.45) is 1.33. The van der Waals surface area contributed by atoms with Gasteiger partial charge in [0.15, 0.2) is 11.6 Å². The normalized spacial score (nSPS) is 10.0. The third-order valence-electron chi connectivity index (χ3n) is 2.62. The van der Waals surface area contributed by atoms with E-state index >= 15 is 0 Å². The van der Waals surface area contributed by atoms with E-state index in [-0.39, 0.29) is 28.3 Å². The molecule has 19 heavy (non-hydrogen) atoms. The largest absolute Gasteiger partial charge is 0.494 e. The Morgan fingerprint density at radius 2 is 2.00 bits per heavy atom. The molecule has 0 bridgehead atoms. The maximum absolute atomic E-state index is 13.9. The lowest BCUT2D eigenvalue weighted by Gasteiger charge is -2.09. The van der Waals surface area contributed by atoms with Crippen LogP contribution >= 0.6 is 0 Å². The summed E-state index contributed by atoms with van der Waals surface area (Å²) < 4.78 is 32.2. The van der Waals surface area contributed by atoms with E-state index in [2.05, 4.69) is 9.72 Å². The summed E-state index contributed by atoms with van der Waals surface area (Å²) in [5.74, 6) is -1.67. The maximum atomic E-state index is 13.9. The zero-order valence-corrected chi connectivity index (χ0v) is 9.95. The topological polar surface area (TPSA) is 71.9 Å². The zero-order valence-electron chi connectivity index (χ0n) is 9.95. The summed E-state index contributed by atoms with van der Waals surface area (Å²) in [6, 6.07) is 5.11. The molecule has 0 aliphatic carbocycles. The lowest BCUT2D eigenvalue weighted by Crippen LogP contribution is -1.99. The standard InChI is InChI=1S/C13H9F2N3O/c1-19-12-5-10(14)8(4-11(12)15)7-2-3-18-13(17)9(7)6-16/h2-5H,1H3,(H2,17,18). The second-order valence-electron chi connectivity index (χ2n) is 3.70. The SMILES string of the molecule is COc1cc(F)c(-c2ccnc(N)c2C#N)cc1F. The van der Waals surface area contributed by atoms with Crippen molar-refractivity contribution in [3.05, 3.63) is 41.6 Å². The predicted molar refractivity (Wildman–Crippen MR) is 65.3 cm³/mol. The van der Waals surface area contributed by atoms with Crippen molar-refractivity contribution in [1.29, 1.82) is 5.26 Å². The molecule has 0 amide bonds. The third kappa shape index (κ3) is 2.18. The molecule has 0 spiro atoms. The van der Waals surface area contributed by atoms with Gasteiger partial charge in [0.1, 0.15) is 23.3 Å². The Kier molecular flexibility index (Phi) is 3.29. The monoisotopic (exact) mass is 261 g/mol. The number of nitriles is 1. The molecule has 0 unspecified atom stereocenters. The van der Waals surface area contributed by atoms with E-state index in [1.54, 1.807) is 0 Å². The first-order chi connectivity index (χ1) is 9.08. The number of nitrogen functional groups attached to an aromatic ring is 1. The number of aromatic nitrogens is 1. The molecule has 0 fully saturated rings. The van der Waals surface area contributed by atoms with Crippen molar-refractivity contribution in [2.24, 2.45) is 0 Å². The molecule has 0 atom stereocenters. The average molecular weight is 261 g/mol. The number of hydrogen-bond acceptors (Lipinski definition) is 4. The minimum Gasteiger partial charge on any atom is -0.494 e. The number of nitrogens with two attached hydrogens (primary N) is 1. The number of hydrogen-bond donors (Lipinski definition) is 1. The Morgan fingerprint density at radius 3 is 2.63 bits per heavy atom. The predicted octanol–water partition coefficient (Wildman–Crippen LogP) is 2.49. The Hall–Kier alpha value is -2.68. The molecule has 0 saturated carbocycles. The highest BCUT2D eigenvalue weighted by Gasteiger charge is 2.16. The summed E-state index contributed by atoms with van der Waals surface area (Å²) >= 11 is 0. The fourth-order valence-corrected chi connectivity index (χ4v) is 1.71. The fraction of sp³-hybridized carbons (Fsp3) is 0.0769. The maximum Gasteiger partial charge on any atom is 0.165 e. The number of benzene rings is 1. The Morgan fingerprint density at radius 1 is 1.26 bits per heavy atom. The molecule has 0 saturated heterocycles. The van der Waals surface area contributed by atoms with Crippen LogP contribution in [0.4, 0.5) is 14.6 Å². The minimum atomic E-state index is -0.724. The molecule has 2 aromatic rings. The van der Waals surface area contributed by atoms with Gasteiger partial charge in [0.05, 0.1) is 7.11 Å². The third-order valence-corrected chi connectivity index (χ3v) is 2.62. The minimum absolute atomic E-state index is 0.00552. The molecule has 4 nitrogen and oxygen atoms in total. The molecular weight excluding hydrogens is 252 g/mol. The van der Waals surface area contributed by atoms with E-state index in [0.717, 1.165) is 12.1 Å². The van der Waals surface area contributed by atoms with Crippen LogP contribution in [0, 0.1) is 23.0 Å². The summed E-state index contributed by atoms with van der Waals surface area (Å²) in [6.45, 7) is 0. The van der Waals surface area contributed by atoms with Gasteiger partial charge in [0.25, 0.3) is 0 Å². The van der Waals surface area contributed by atoms with Gasteiger partial charge in [0.2, 0.25) is 0 Å². The fourth-order valence-electron chi connectivity index (χ4n) is 1.71. The highest BCUT2D eigenvalue weighted by atomic mass is 19.1. The van der Waals surface area contributed by atoms with Crippen molar-refractivity contribution >= 4 is 5.82 Å². The number of rotatable bonds is 2. The van der Waals surface area contributed by atoms with Crippen LogP contribution in [0.25, 0.3) is 11.1 Å². The molecule has 6 heteroatoms. The van der Waals surface area contributed by atoms with Crippen LogP contribution in [-0.4, -0.2) is 12.1 Å². The highest BCUT2D eigenvalue weighted by Crippen LogP contribution is 2.32. The van der Waals surface area contributed by atoms with E-state index in [0.29, 0.717) is 0 Å². The summed E-state index contributed by atoms with van der Waals surface area (Å²) in [5, 5.41) is 9.01. The Bertz CT molecular complexity index is 680. The van der Waals surface area contributed by atoms with Crippen LogP contribution < -0.4 is 10.5 Å². The van der Waals surface area contributed by atoms with E-state index in [4.69, 9.17) is 11.0 Å². The lowest BCUT2D eigenvalue weighted by molar-refractivity contribution is 0.383. The second kappa shape index (κ2) is 4.90. The van der Waals surface area contributed by atoms with Gasteiger partial charge < -0.3 is 10.5 Å². The Labute approximate surface area is 108 Å². The van der Waals surface area contributed by atoms with Gasteiger partial charge in [-0.15, -0.1) is 0 Å². The van der Waals surface area contributed by atoms with Crippen molar-refractivity contribution in [2.75, 3.05) is 12.8 Å². The average Bonchev–Trinajstić information content (AvgIpc) is 2.40. The van der Waals surface area contributed by atoms with Gasteiger partial charge in [-0.2, -0.15) is 5.26 Å². The molecule has 0 aliphatic rings. The molecule has 96 valence electrons. The van der Waals surface area contributed by atoms with Crippen LogP contribution in [0.2, 0.25) is 0 Å². The van der Waals surface area contributed by atoms with Crippen LogP contribution in [0.15, 0.2) is 24.4 Å². The molecule has 0 aliphatic heterocycles. The molecule has 1 heterocycles. The second-order valence-corrected chi connectivity index (χ2v) is 3.70. The van der Waals surface area contributed by atoms with Gasteiger partial charge in [0, 0.05) is 23.4 Å². The number of ether oxygens (including phenoxy) is 1. The number of nitrogens with zero attached hydrogens (tertiary/aromatic N) is 2. The first-order valence-electron chi connectivity index (χ1n) is 5.26. The summed E-state index contributed by atoms with van der Waals surface area (Å²) in [5.41, 5.74) is 5.67. The van der Waals surface area contributed by atoms with Gasteiger partial charge >= 0.3 is 0 Å². The van der Waals surface area contributed by atoms with Gasteiger partial charge in [-0.05, 0) is 12.1 Å². The smallest absolute Gasteiger partial charge is 0.165 e. The lowest BCUT2D eigenvalue weighted by atomic mass is 10.0. The zero-order chi connectivity index (χ0) is 14.0. The van der Waals surface area contributed by atoms with E-state index in [1.807, 2.05) is 6.07 Å². The van der Waals surface area contributed by atoms with Gasteiger partial charge in [-0.1, -0.05) is 0 Å². The molecule has 2 N–H and O–H groups in total. The van der Waals surface area contributed by atoms with Gasteiger partial charge in [-0.25, -0.2) is 13.8 Å². The summed E-state index contributed by atoms with van der Waals surface area (Å²) in [7, 11) is 1.24. The first kappa shape index (κ1) is 12.8. The molecule has 1 aromatic carbocycles. The highest BCUT2D eigenvalue weighted by molar-refractivity contribution is 5.75. The van der Waals surface area contributed by atoms with Crippen molar-refractivity contribution < 1.29 is 13.5 Å². The summed E-state index contributed by atoms with van der Waals surface area (Å²) in [4.78, 5) is 3.74. The molecule has 0 radical (unpaired) electrons. The van der Waals surface area contributed by atoms with Crippen molar-refractivity contribution in [1.82, 2.24) is 4.98 Å². The number of methoxy groups -OCH3 is 1. The molecule has 1 aromatic heterocycles. The van der Waals surface area contributed by atoms with Crippen LogP contribution in [0.3, 0.4) is 0 Å². The number of anilines is 1.